The molecule has 2 N–H and O–H groups in total. The fourth-order valence-electron chi connectivity index (χ4n) is 3.65. The molecule has 1 saturated carbocycles. The van der Waals surface area contributed by atoms with Crippen LogP contribution < -0.4 is 0 Å². The summed E-state index contributed by atoms with van der Waals surface area (Å²) < 4.78 is 0. The van der Waals surface area contributed by atoms with E-state index >= 15 is 0 Å². The van der Waals surface area contributed by atoms with E-state index in [0.717, 1.165) is 43.4 Å². The molecular formula is C15H21NO2. The van der Waals surface area contributed by atoms with Gasteiger partial charge in [-0.15, -0.1) is 0 Å². The van der Waals surface area contributed by atoms with Crippen molar-refractivity contribution in [2.45, 2.75) is 63.7 Å². The Morgan fingerprint density at radius 1 is 1.06 bits per heavy atom. The number of aromatic amines is 1. The van der Waals surface area contributed by atoms with Crippen LogP contribution in [0.4, 0.5) is 0 Å². The molecule has 0 spiro atoms. The summed E-state index contributed by atoms with van der Waals surface area (Å²) in [6.45, 7) is 0. The number of nitrogens with one attached hydrogen (secondary N) is 1. The van der Waals surface area contributed by atoms with Crippen molar-refractivity contribution in [1.29, 1.82) is 0 Å². The van der Waals surface area contributed by atoms with Gasteiger partial charge in [-0.05, 0) is 50.0 Å². The van der Waals surface area contributed by atoms with Crippen molar-refractivity contribution in [3.05, 3.63) is 22.5 Å². The van der Waals surface area contributed by atoms with E-state index in [4.69, 9.17) is 0 Å². The number of H-pyrrole nitrogens is 1. The number of fused-ring (bicyclic) bond motifs is 1. The van der Waals surface area contributed by atoms with E-state index in [0.29, 0.717) is 11.5 Å². The van der Waals surface area contributed by atoms with Gasteiger partial charge in [0, 0.05) is 11.4 Å². The lowest BCUT2D eigenvalue weighted by Crippen LogP contribution is -2.11. The molecule has 1 heterocycles. The molecule has 0 unspecified atom stereocenters. The predicted octanol–water partition coefficient (Wildman–Crippen LogP) is 3.64. The van der Waals surface area contributed by atoms with Gasteiger partial charge in [0.25, 0.3) is 0 Å². The van der Waals surface area contributed by atoms with E-state index in [-0.39, 0.29) is 0 Å². The number of hydrogen-bond acceptors (Lipinski definition) is 1. The maximum absolute atomic E-state index is 11.6. The van der Waals surface area contributed by atoms with Crippen LogP contribution in [0.25, 0.3) is 0 Å². The van der Waals surface area contributed by atoms with Crippen LogP contribution in [0.5, 0.6) is 0 Å². The summed E-state index contributed by atoms with van der Waals surface area (Å²) in [6.07, 6.45) is 10.4. The predicted molar refractivity (Wildman–Crippen MR) is 70.2 cm³/mol. The highest BCUT2D eigenvalue weighted by Gasteiger charge is 2.29. The molecule has 0 amide bonds. The molecule has 0 saturated heterocycles. The number of aromatic nitrogens is 1. The summed E-state index contributed by atoms with van der Waals surface area (Å²) in [4.78, 5) is 15.0. The topological polar surface area (TPSA) is 53.1 Å². The van der Waals surface area contributed by atoms with Gasteiger partial charge in [0.05, 0.1) is 5.56 Å². The quantitative estimate of drug-likeness (QED) is 0.838. The van der Waals surface area contributed by atoms with Crippen molar-refractivity contribution in [2.75, 3.05) is 0 Å². The molecule has 3 rings (SSSR count). The SMILES string of the molecule is O=C(O)c1c(C2CCCCC2)[nH]c2c1CCCC2. The number of carboxylic acids is 1. The first-order chi connectivity index (χ1) is 8.77. The molecule has 18 heavy (non-hydrogen) atoms. The Morgan fingerprint density at radius 3 is 2.50 bits per heavy atom. The van der Waals surface area contributed by atoms with Gasteiger partial charge in [0.2, 0.25) is 0 Å². The normalized spacial score (nSPS) is 20.7. The summed E-state index contributed by atoms with van der Waals surface area (Å²) in [5.41, 5.74) is 3.97. The fraction of sp³-hybridized carbons (Fsp3) is 0.667. The van der Waals surface area contributed by atoms with Crippen molar-refractivity contribution in [3.63, 3.8) is 0 Å². The van der Waals surface area contributed by atoms with E-state index in [1.54, 1.807) is 0 Å². The highest BCUT2D eigenvalue weighted by molar-refractivity contribution is 5.91. The first kappa shape index (κ1) is 11.8. The van der Waals surface area contributed by atoms with Crippen LogP contribution in [0.2, 0.25) is 0 Å². The zero-order valence-electron chi connectivity index (χ0n) is 10.8. The van der Waals surface area contributed by atoms with Crippen LogP contribution in [-0.2, 0) is 12.8 Å². The largest absolute Gasteiger partial charge is 0.478 e. The number of rotatable bonds is 2. The average molecular weight is 247 g/mol. The zero-order chi connectivity index (χ0) is 12.5. The third-order valence-corrected chi connectivity index (χ3v) is 4.55. The van der Waals surface area contributed by atoms with Crippen LogP contribution >= 0.6 is 0 Å². The molecule has 0 bridgehead atoms. The number of aryl methyl sites for hydroxylation is 1. The second-order valence-electron chi connectivity index (χ2n) is 5.72. The second kappa shape index (κ2) is 4.79. The van der Waals surface area contributed by atoms with E-state index in [1.165, 1.54) is 31.4 Å². The highest BCUT2D eigenvalue weighted by Crippen LogP contribution is 2.37. The van der Waals surface area contributed by atoms with Crippen molar-refractivity contribution >= 4 is 5.97 Å². The molecule has 0 aromatic carbocycles. The lowest BCUT2D eigenvalue weighted by molar-refractivity contribution is 0.0693. The molecule has 0 aliphatic heterocycles. The minimum absolute atomic E-state index is 0.454. The van der Waals surface area contributed by atoms with Crippen LogP contribution in [0.1, 0.15) is 78.2 Å². The maximum Gasteiger partial charge on any atom is 0.337 e. The smallest absolute Gasteiger partial charge is 0.337 e. The molecule has 3 heteroatoms. The van der Waals surface area contributed by atoms with Gasteiger partial charge in [0.1, 0.15) is 0 Å². The summed E-state index contributed by atoms with van der Waals surface area (Å²) >= 11 is 0. The van der Waals surface area contributed by atoms with Crippen LogP contribution in [0.15, 0.2) is 0 Å². The van der Waals surface area contributed by atoms with E-state index in [2.05, 4.69) is 4.98 Å². The van der Waals surface area contributed by atoms with Crippen molar-refractivity contribution in [2.24, 2.45) is 0 Å². The first-order valence-electron chi connectivity index (χ1n) is 7.24. The van der Waals surface area contributed by atoms with Crippen molar-refractivity contribution < 1.29 is 9.90 Å². The van der Waals surface area contributed by atoms with Gasteiger partial charge in [-0.2, -0.15) is 0 Å². The number of hydrogen-bond donors (Lipinski definition) is 2. The fourth-order valence-corrected chi connectivity index (χ4v) is 3.65. The molecule has 2 aliphatic rings. The van der Waals surface area contributed by atoms with Gasteiger partial charge in [-0.25, -0.2) is 4.79 Å². The van der Waals surface area contributed by atoms with Crippen LogP contribution in [0, 0.1) is 0 Å². The van der Waals surface area contributed by atoms with E-state index < -0.39 is 5.97 Å². The highest BCUT2D eigenvalue weighted by atomic mass is 16.4. The van der Waals surface area contributed by atoms with Gasteiger partial charge < -0.3 is 10.1 Å². The summed E-state index contributed by atoms with van der Waals surface area (Å²) in [7, 11) is 0. The molecule has 3 nitrogen and oxygen atoms in total. The minimum Gasteiger partial charge on any atom is -0.478 e. The Morgan fingerprint density at radius 2 is 1.78 bits per heavy atom. The number of aromatic carboxylic acids is 1. The molecular weight excluding hydrogens is 226 g/mol. The lowest BCUT2D eigenvalue weighted by atomic mass is 9.84. The average Bonchev–Trinajstić information content (AvgIpc) is 2.79. The van der Waals surface area contributed by atoms with E-state index in [1.807, 2.05) is 0 Å². The summed E-state index contributed by atoms with van der Waals surface area (Å²) in [6, 6.07) is 0. The second-order valence-corrected chi connectivity index (χ2v) is 5.72. The Hall–Kier alpha value is -1.25. The Labute approximate surface area is 108 Å². The Balaban J connectivity index is 2.01. The van der Waals surface area contributed by atoms with E-state index in [9.17, 15) is 9.90 Å². The summed E-state index contributed by atoms with van der Waals surface area (Å²) in [5.74, 6) is -0.273. The Kier molecular flexibility index (Phi) is 3.14. The summed E-state index contributed by atoms with van der Waals surface area (Å²) in [5, 5.41) is 9.52. The standard InChI is InChI=1S/C15H21NO2/c17-15(18)13-11-8-4-5-9-12(11)16-14(13)10-6-2-1-3-7-10/h10,16H,1-9H2,(H,17,18). The molecule has 98 valence electrons. The lowest BCUT2D eigenvalue weighted by Gasteiger charge is -2.21. The number of carboxylic acid groups (broad SMARTS) is 1. The van der Waals surface area contributed by atoms with Crippen molar-refractivity contribution in [3.8, 4) is 0 Å². The van der Waals surface area contributed by atoms with Crippen LogP contribution in [-0.4, -0.2) is 16.1 Å². The third-order valence-electron chi connectivity index (χ3n) is 4.55. The van der Waals surface area contributed by atoms with Gasteiger partial charge in [-0.3, -0.25) is 0 Å². The molecule has 0 atom stereocenters. The Bertz CT molecular complexity index is 455. The monoisotopic (exact) mass is 247 g/mol. The molecule has 1 aromatic rings. The number of carbonyl (C=O) groups is 1. The van der Waals surface area contributed by atoms with Crippen molar-refractivity contribution in [1.82, 2.24) is 4.98 Å². The van der Waals surface area contributed by atoms with Gasteiger partial charge in [-0.1, -0.05) is 19.3 Å². The zero-order valence-corrected chi connectivity index (χ0v) is 10.8. The third kappa shape index (κ3) is 1.96. The molecule has 2 aliphatic carbocycles. The van der Waals surface area contributed by atoms with Gasteiger partial charge >= 0.3 is 5.97 Å². The molecule has 1 fully saturated rings. The first-order valence-corrected chi connectivity index (χ1v) is 7.24. The van der Waals surface area contributed by atoms with Gasteiger partial charge in [0.15, 0.2) is 0 Å². The molecule has 0 radical (unpaired) electrons. The molecule has 1 aromatic heterocycles. The van der Waals surface area contributed by atoms with Crippen LogP contribution in [0.3, 0.4) is 0 Å². The minimum atomic E-state index is -0.727. The maximum atomic E-state index is 11.6.